The Bertz CT molecular complexity index is 534. The first kappa shape index (κ1) is 12.9. The fraction of sp³-hybridized carbons (Fsp3) is 0.286. The predicted molar refractivity (Wildman–Crippen MR) is 72.2 cm³/mol. The van der Waals surface area contributed by atoms with Gasteiger partial charge in [0.2, 0.25) is 0 Å². The lowest BCUT2D eigenvalue weighted by atomic mass is 10.3. The van der Waals surface area contributed by atoms with Crippen LogP contribution in [0.5, 0.6) is 0 Å². The molecule has 2 aromatic rings. The van der Waals surface area contributed by atoms with Crippen LogP contribution in [0.25, 0.3) is 0 Å². The molecule has 2 heterocycles. The normalized spacial score (nSPS) is 10.4. The fourth-order valence-corrected chi connectivity index (χ4v) is 2.61. The molecule has 0 aliphatic rings. The summed E-state index contributed by atoms with van der Waals surface area (Å²) in [4.78, 5) is 4.44. The monoisotopic (exact) mass is 261 g/mol. The second-order valence-electron chi connectivity index (χ2n) is 3.98. The topological polar surface area (TPSA) is 36.6 Å². The summed E-state index contributed by atoms with van der Waals surface area (Å²) in [6, 6.07) is 7.94. The van der Waals surface area contributed by atoms with Crippen LogP contribution in [0.2, 0.25) is 0 Å². The Morgan fingerprint density at radius 2 is 2.22 bits per heavy atom. The van der Waals surface area contributed by atoms with Crippen molar-refractivity contribution in [2.24, 2.45) is 0 Å². The first-order chi connectivity index (χ1) is 8.78. The third-order valence-corrected chi connectivity index (χ3v) is 3.37. The quantitative estimate of drug-likeness (QED) is 0.858. The van der Waals surface area contributed by atoms with Crippen molar-refractivity contribution < 1.29 is 9.52 Å². The predicted octanol–water partition coefficient (Wildman–Crippen LogP) is 2.32. The minimum absolute atomic E-state index is 0.0916. The van der Waals surface area contributed by atoms with E-state index < -0.39 is 0 Å². The minimum Gasteiger partial charge on any atom is -0.468 e. The molecule has 0 radical (unpaired) electrons. The molecule has 0 bridgehead atoms. The molecule has 0 aromatic carbocycles. The number of aliphatic hydroxyl groups excluding tert-OH is 1. The highest BCUT2D eigenvalue weighted by molar-refractivity contribution is 7.12. The van der Waals surface area contributed by atoms with Crippen molar-refractivity contribution in [3.63, 3.8) is 0 Å². The maximum Gasteiger partial charge on any atom is 0.117 e. The molecule has 0 spiro atoms. The highest BCUT2D eigenvalue weighted by atomic mass is 32.1. The Kier molecular flexibility index (Phi) is 4.59. The Morgan fingerprint density at radius 3 is 2.94 bits per heavy atom. The molecule has 4 heteroatoms. The molecule has 0 atom stereocenters. The van der Waals surface area contributed by atoms with Crippen LogP contribution >= 0.6 is 11.3 Å². The van der Waals surface area contributed by atoms with Gasteiger partial charge in [-0.1, -0.05) is 11.8 Å². The van der Waals surface area contributed by atoms with E-state index in [-0.39, 0.29) is 6.61 Å². The Labute approximate surface area is 111 Å². The molecule has 0 saturated heterocycles. The van der Waals surface area contributed by atoms with Crippen LogP contribution in [0.1, 0.15) is 15.5 Å². The molecule has 3 nitrogen and oxygen atoms in total. The van der Waals surface area contributed by atoms with E-state index in [1.54, 1.807) is 17.6 Å². The van der Waals surface area contributed by atoms with Crippen molar-refractivity contribution >= 4 is 11.3 Å². The average molecular weight is 261 g/mol. The highest BCUT2D eigenvalue weighted by Crippen LogP contribution is 2.18. The van der Waals surface area contributed by atoms with Crippen molar-refractivity contribution in [1.82, 2.24) is 4.90 Å². The minimum atomic E-state index is -0.0916. The lowest BCUT2D eigenvalue weighted by Crippen LogP contribution is -2.15. The molecule has 2 aromatic heterocycles. The summed E-state index contributed by atoms with van der Waals surface area (Å²) in [6.45, 7) is 1.57. The van der Waals surface area contributed by atoms with Crippen molar-refractivity contribution in [2.75, 3.05) is 13.7 Å². The van der Waals surface area contributed by atoms with Crippen LogP contribution in [-0.2, 0) is 13.1 Å². The van der Waals surface area contributed by atoms with E-state index >= 15 is 0 Å². The van der Waals surface area contributed by atoms with Gasteiger partial charge in [-0.2, -0.15) is 0 Å². The number of rotatable bonds is 4. The van der Waals surface area contributed by atoms with Crippen LogP contribution in [0, 0.1) is 11.8 Å². The van der Waals surface area contributed by atoms with Gasteiger partial charge in [-0.3, -0.25) is 4.90 Å². The maximum atomic E-state index is 8.64. The van der Waals surface area contributed by atoms with Gasteiger partial charge in [0, 0.05) is 11.4 Å². The summed E-state index contributed by atoms with van der Waals surface area (Å²) < 4.78 is 5.31. The first-order valence-corrected chi connectivity index (χ1v) is 6.49. The van der Waals surface area contributed by atoms with E-state index in [1.165, 1.54) is 4.88 Å². The zero-order valence-corrected chi connectivity index (χ0v) is 11.0. The molecule has 2 rings (SSSR count). The third kappa shape index (κ3) is 3.74. The molecule has 0 fully saturated rings. The molecule has 0 saturated carbocycles. The van der Waals surface area contributed by atoms with Crippen molar-refractivity contribution in [3.05, 3.63) is 46.0 Å². The molecular weight excluding hydrogens is 246 g/mol. The highest BCUT2D eigenvalue weighted by Gasteiger charge is 2.05. The van der Waals surface area contributed by atoms with Crippen molar-refractivity contribution in [2.45, 2.75) is 13.1 Å². The average Bonchev–Trinajstić information content (AvgIpc) is 2.98. The van der Waals surface area contributed by atoms with Crippen LogP contribution in [0.15, 0.2) is 34.9 Å². The van der Waals surface area contributed by atoms with Gasteiger partial charge in [-0.15, -0.1) is 11.3 Å². The number of hydrogen-bond donors (Lipinski definition) is 1. The largest absolute Gasteiger partial charge is 0.468 e. The maximum absolute atomic E-state index is 8.64. The fourth-order valence-electron chi connectivity index (χ4n) is 1.65. The van der Waals surface area contributed by atoms with Crippen molar-refractivity contribution in [1.29, 1.82) is 0 Å². The van der Waals surface area contributed by atoms with Gasteiger partial charge < -0.3 is 9.52 Å². The van der Waals surface area contributed by atoms with Crippen molar-refractivity contribution in [3.8, 4) is 11.8 Å². The van der Waals surface area contributed by atoms with Gasteiger partial charge >= 0.3 is 0 Å². The molecule has 0 aliphatic carbocycles. The van der Waals surface area contributed by atoms with Crippen LogP contribution in [0.3, 0.4) is 0 Å². The second kappa shape index (κ2) is 6.41. The van der Waals surface area contributed by atoms with Gasteiger partial charge in [0.15, 0.2) is 0 Å². The summed E-state index contributed by atoms with van der Waals surface area (Å²) in [5.74, 6) is 6.54. The molecule has 18 heavy (non-hydrogen) atoms. The zero-order valence-electron chi connectivity index (χ0n) is 10.2. The third-order valence-electron chi connectivity index (χ3n) is 2.38. The van der Waals surface area contributed by atoms with Crippen LogP contribution < -0.4 is 0 Å². The summed E-state index contributed by atoms with van der Waals surface area (Å²) >= 11 is 1.66. The lowest BCUT2D eigenvalue weighted by Gasteiger charge is -2.13. The molecule has 1 N–H and O–H groups in total. The number of thiophene rings is 1. The second-order valence-corrected chi connectivity index (χ2v) is 5.15. The van der Waals surface area contributed by atoms with Crippen LogP contribution in [-0.4, -0.2) is 23.7 Å². The summed E-state index contributed by atoms with van der Waals surface area (Å²) in [6.07, 6.45) is 1.69. The molecule has 0 amide bonds. The van der Waals surface area contributed by atoms with E-state index in [9.17, 15) is 0 Å². The first-order valence-electron chi connectivity index (χ1n) is 5.67. The Morgan fingerprint density at radius 1 is 1.33 bits per heavy atom. The number of aliphatic hydroxyl groups is 1. The molecular formula is C14H15NO2S. The van der Waals surface area contributed by atoms with Crippen LogP contribution in [0.4, 0.5) is 0 Å². The SMILES string of the molecule is CN(Cc1ccco1)Cc1ccc(C#CCO)s1. The summed E-state index contributed by atoms with van der Waals surface area (Å²) in [5, 5.41) is 8.64. The standard InChI is InChI=1S/C14H15NO2S/c1-15(10-12-4-3-9-17-12)11-14-7-6-13(18-14)5-2-8-16/h3-4,6-7,9,16H,8,10-11H2,1H3. The van der Waals surface area contributed by atoms with Gasteiger partial charge in [0.05, 0.1) is 17.7 Å². The number of hydrogen-bond acceptors (Lipinski definition) is 4. The molecule has 0 aliphatic heterocycles. The zero-order chi connectivity index (χ0) is 12.8. The van der Waals surface area contributed by atoms with Gasteiger partial charge in [0.1, 0.15) is 12.4 Å². The Balaban J connectivity index is 1.90. The summed E-state index contributed by atoms with van der Waals surface area (Å²) in [7, 11) is 2.06. The van der Waals surface area contributed by atoms with E-state index in [2.05, 4.69) is 29.9 Å². The number of furan rings is 1. The Hall–Kier alpha value is -1.54. The summed E-state index contributed by atoms with van der Waals surface area (Å²) in [5.41, 5.74) is 0. The smallest absolute Gasteiger partial charge is 0.117 e. The number of nitrogens with zero attached hydrogens (tertiary/aromatic N) is 1. The van der Waals surface area contributed by atoms with E-state index in [4.69, 9.17) is 9.52 Å². The molecule has 0 unspecified atom stereocenters. The van der Waals surface area contributed by atoms with Gasteiger partial charge in [0.25, 0.3) is 0 Å². The van der Waals surface area contributed by atoms with E-state index in [0.29, 0.717) is 0 Å². The lowest BCUT2D eigenvalue weighted by molar-refractivity contribution is 0.290. The van der Waals surface area contributed by atoms with Gasteiger partial charge in [-0.05, 0) is 31.3 Å². The van der Waals surface area contributed by atoms with E-state index in [1.807, 2.05) is 18.2 Å². The van der Waals surface area contributed by atoms with Gasteiger partial charge in [-0.25, -0.2) is 0 Å². The molecule has 94 valence electrons. The van der Waals surface area contributed by atoms with E-state index in [0.717, 1.165) is 23.7 Å².